The number of carbonyl (C=O) groups is 1. The summed E-state index contributed by atoms with van der Waals surface area (Å²) in [5.41, 5.74) is 0.943. The SMILES string of the molecule is CN(Cc1ccc(F)c(F)c1)C(=O)Nc1cncnc1N(C)C. The van der Waals surface area contributed by atoms with E-state index in [1.54, 1.807) is 26.0 Å². The highest BCUT2D eigenvalue weighted by molar-refractivity contribution is 5.91. The molecule has 122 valence electrons. The molecule has 1 aromatic heterocycles. The first kappa shape index (κ1) is 16.6. The second-order valence-electron chi connectivity index (χ2n) is 5.19. The molecule has 0 bridgehead atoms. The van der Waals surface area contributed by atoms with Gasteiger partial charge in [0.15, 0.2) is 17.5 Å². The molecule has 0 radical (unpaired) electrons. The Morgan fingerprint density at radius 3 is 2.61 bits per heavy atom. The number of benzene rings is 1. The summed E-state index contributed by atoms with van der Waals surface area (Å²) < 4.78 is 26.1. The van der Waals surface area contributed by atoms with Gasteiger partial charge in [0.2, 0.25) is 0 Å². The summed E-state index contributed by atoms with van der Waals surface area (Å²) in [6.07, 6.45) is 2.88. The topological polar surface area (TPSA) is 61.4 Å². The van der Waals surface area contributed by atoms with E-state index >= 15 is 0 Å². The van der Waals surface area contributed by atoms with Gasteiger partial charge in [-0.25, -0.2) is 23.5 Å². The normalized spacial score (nSPS) is 10.3. The van der Waals surface area contributed by atoms with Gasteiger partial charge in [-0.2, -0.15) is 0 Å². The van der Waals surface area contributed by atoms with Crippen LogP contribution in [0, 0.1) is 11.6 Å². The molecule has 6 nitrogen and oxygen atoms in total. The Bertz CT molecular complexity index is 708. The number of hydrogen-bond acceptors (Lipinski definition) is 4. The summed E-state index contributed by atoms with van der Waals surface area (Å²) in [6.45, 7) is 0.133. The molecule has 0 unspecified atom stereocenters. The van der Waals surface area contributed by atoms with Gasteiger partial charge in [0.25, 0.3) is 0 Å². The predicted molar refractivity (Wildman–Crippen MR) is 83.2 cm³/mol. The maximum Gasteiger partial charge on any atom is 0.322 e. The van der Waals surface area contributed by atoms with E-state index in [0.717, 1.165) is 12.1 Å². The van der Waals surface area contributed by atoms with Crippen LogP contribution in [0.15, 0.2) is 30.7 Å². The van der Waals surface area contributed by atoms with Gasteiger partial charge in [-0.05, 0) is 17.7 Å². The van der Waals surface area contributed by atoms with Gasteiger partial charge in [-0.3, -0.25) is 0 Å². The molecule has 2 aromatic rings. The van der Waals surface area contributed by atoms with Crippen molar-refractivity contribution in [2.45, 2.75) is 6.54 Å². The van der Waals surface area contributed by atoms with Crippen molar-refractivity contribution in [1.29, 1.82) is 0 Å². The Morgan fingerprint density at radius 2 is 1.96 bits per heavy atom. The van der Waals surface area contributed by atoms with Crippen molar-refractivity contribution >= 4 is 17.5 Å². The van der Waals surface area contributed by atoms with Crippen molar-refractivity contribution in [3.8, 4) is 0 Å². The Kier molecular flexibility index (Phi) is 5.05. The molecule has 0 saturated carbocycles. The van der Waals surface area contributed by atoms with Crippen molar-refractivity contribution in [1.82, 2.24) is 14.9 Å². The van der Waals surface area contributed by atoms with Crippen molar-refractivity contribution in [3.63, 3.8) is 0 Å². The first-order valence-corrected chi connectivity index (χ1v) is 6.82. The zero-order valence-electron chi connectivity index (χ0n) is 13.0. The molecule has 0 aliphatic carbocycles. The van der Waals surface area contributed by atoms with Gasteiger partial charge < -0.3 is 15.1 Å². The largest absolute Gasteiger partial charge is 0.361 e. The van der Waals surface area contributed by atoms with E-state index in [0.29, 0.717) is 17.1 Å². The number of hydrogen-bond donors (Lipinski definition) is 1. The van der Waals surface area contributed by atoms with E-state index in [9.17, 15) is 13.6 Å². The van der Waals surface area contributed by atoms with Gasteiger partial charge in [0, 0.05) is 27.7 Å². The van der Waals surface area contributed by atoms with Gasteiger partial charge in [0.1, 0.15) is 12.0 Å². The molecule has 1 aromatic carbocycles. The smallest absolute Gasteiger partial charge is 0.322 e. The lowest BCUT2D eigenvalue weighted by Gasteiger charge is -2.20. The quantitative estimate of drug-likeness (QED) is 0.940. The average Bonchev–Trinajstić information content (AvgIpc) is 2.51. The van der Waals surface area contributed by atoms with Crippen LogP contribution in [0.25, 0.3) is 0 Å². The Hall–Kier alpha value is -2.77. The Balaban J connectivity index is 2.07. The highest BCUT2D eigenvalue weighted by atomic mass is 19.2. The molecule has 0 spiro atoms. The van der Waals surface area contributed by atoms with Crippen molar-refractivity contribution in [2.75, 3.05) is 31.4 Å². The van der Waals surface area contributed by atoms with Crippen LogP contribution in [0.4, 0.5) is 25.1 Å². The van der Waals surface area contributed by atoms with Crippen LogP contribution in [0.2, 0.25) is 0 Å². The number of carbonyl (C=O) groups excluding carboxylic acids is 1. The lowest BCUT2D eigenvalue weighted by atomic mass is 10.2. The van der Waals surface area contributed by atoms with Crippen LogP contribution in [0.3, 0.4) is 0 Å². The molecule has 1 heterocycles. The molecular formula is C15H17F2N5O. The summed E-state index contributed by atoms with van der Waals surface area (Å²) in [7, 11) is 5.14. The van der Waals surface area contributed by atoms with E-state index in [2.05, 4.69) is 15.3 Å². The maximum atomic E-state index is 13.2. The van der Waals surface area contributed by atoms with Crippen molar-refractivity contribution in [2.24, 2.45) is 0 Å². The van der Waals surface area contributed by atoms with E-state index in [1.807, 2.05) is 0 Å². The third-order valence-electron chi connectivity index (χ3n) is 3.11. The highest BCUT2D eigenvalue weighted by Gasteiger charge is 2.14. The molecule has 0 aliphatic heterocycles. The van der Waals surface area contributed by atoms with Gasteiger partial charge >= 0.3 is 6.03 Å². The number of aromatic nitrogens is 2. The van der Waals surface area contributed by atoms with Gasteiger partial charge in [0.05, 0.1) is 6.20 Å². The van der Waals surface area contributed by atoms with Crippen LogP contribution < -0.4 is 10.2 Å². The minimum absolute atomic E-state index is 0.133. The van der Waals surface area contributed by atoms with Crippen LogP contribution in [-0.4, -0.2) is 42.0 Å². The van der Waals surface area contributed by atoms with E-state index in [-0.39, 0.29) is 6.54 Å². The summed E-state index contributed by atoms with van der Waals surface area (Å²) in [4.78, 5) is 23.3. The molecule has 2 amide bonds. The van der Waals surface area contributed by atoms with Crippen LogP contribution in [-0.2, 0) is 6.54 Å². The van der Waals surface area contributed by atoms with Crippen molar-refractivity contribution < 1.29 is 13.6 Å². The monoisotopic (exact) mass is 321 g/mol. The third-order valence-corrected chi connectivity index (χ3v) is 3.11. The molecule has 23 heavy (non-hydrogen) atoms. The molecule has 1 N–H and O–H groups in total. The summed E-state index contributed by atoms with van der Waals surface area (Å²) in [6, 6.07) is 3.12. The fourth-order valence-corrected chi connectivity index (χ4v) is 1.96. The molecule has 0 saturated heterocycles. The lowest BCUT2D eigenvalue weighted by Crippen LogP contribution is -2.31. The van der Waals surface area contributed by atoms with Crippen molar-refractivity contribution in [3.05, 3.63) is 47.9 Å². The number of halogens is 2. The lowest BCUT2D eigenvalue weighted by molar-refractivity contribution is 0.220. The fraction of sp³-hybridized carbons (Fsp3) is 0.267. The second-order valence-corrected chi connectivity index (χ2v) is 5.19. The molecule has 8 heteroatoms. The first-order chi connectivity index (χ1) is 10.9. The van der Waals surface area contributed by atoms with Gasteiger partial charge in [-0.1, -0.05) is 6.07 Å². The molecule has 2 rings (SSSR count). The second kappa shape index (κ2) is 6.99. The number of anilines is 2. The number of nitrogens with one attached hydrogen (secondary N) is 1. The summed E-state index contributed by atoms with van der Waals surface area (Å²) in [5, 5.41) is 2.69. The van der Waals surface area contributed by atoms with E-state index < -0.39 is 17.7 Å². The Labute approximate surface area is 132 Å². The number of urea groups is 1. The highest BCUT2D eigenvalue weighted by Crippen LogP contribution is 2.19. The maximum absolute atomic E-state index is 13.2. The first-order valence-electron chi connectivity index (χ1n) is 6.82. The minimum atomic E-state index is -0.942. The molecular weight excluding hydrogens is 304 g/mol. The summed E-state index contributed by atoms with van der Waals surface area (Å²) in [5.74, 6) is -1.30. The number of nitrogens with zero attached hydrogens (tertiary/aromatic N) is 4. The standard InChI is InChI=1S/C15H17F2N5O/c1-21(2)14-13(7-18-9-19-14)20-15(23)22(3)8-10-4-5-11(16)12(17)6-10/h4-7,9H,8H2,1-3H3,(H,20,23). The number of amides is 2. The molecule has 0 atom stereocenters. The average molecular weight is 321 g/mol. The zero-order chi connectivity index (χ0) is 17.0. The summed E-state index contributed by atoms with van der Waals surface area (Å²) >= 11 is 0. The van der Waals surface area contributed by atoms with Crippen LogP contribution in [0.1, 0.15) is 5.56 Å². The third kappa shape index (κ3) is 4.12. The minimum Gasteiger partial charge on any atom is -0.361 e. The van der Waals surface area contributed by atoms with Crippen LogP contribution >= 0.6 is 0 Å². The van der Waals surface area contributed by atoms with E-state index in [1.165, 1.54) is 23.5 Å². The predicted octanol–water partition coefficient (Wildman–Crippen LogP) is 2.48. The molecule has 0 fully saturated rings. The zero-order valence-corrected chi connectivity index (χ0v) is 13.0. The molecule has 0 aliphatic rings. The van der Waals surface area contributed by atoms with E-state index in [4.69, 9.17) is 0 Å². The van der Waals surface area contributed by atoms with Crippen LogP contribution in [0.5, 0.6) is 0 Å². The Morgan fingerprint density at radius 1 is 1.22 bits per heavy atom. The van der Waals surface area contributed by atoms with Gasteiger partial charge in [-0.15, -0.1) is 0 Å². The number of rotatable bonds is 4. The fourth-order valence-electron chi connectivity index (χ4n) is 1.96.